The molecule has 51 valence electrons. The van der Waals surface area contributed by atoms with E-state index in [0.29, 0.717) is 0 Å². The lowest BCUT2D eigenvalue weighted by Gasteiger charge is -2.03. The highest BCUT2D eigenvalue weighted by Crippen LogP contribution is 2.29. The average Bonchev–Trinajstić information content (AvgIpc) is 2.08. The van der Waals surface area contributed by atoms with Crippen LogP contribution >= 0.6 is 11.9 Å². The quantitative estimate of drug-likeness (QED) is 0.530. The Hall–Kier alpha value is -0.160. The molecule has 0 aromatic heterocycles. The van der Waals surface area contributed by atoms with Crippen molar-refractivity contribution in [2.24, 2.45) is 0 Å². The lowest BCUT2D eigenvalue weighted by atomic mass is 10.3. The highest BCUT2D eigenvalue weighted by atomic mass is 32.2. The van der Waals surface area contributed by atoms with Gasteiger partial charge in [0, 0.05) is 12.0 Å². The Morgan fingerprint density at radius 2 is 2.22 bits per heavy atom. The van der Waals surface area contributed by atoms with Crippen molar-refractivity contribution in [3.8, 4) is 0 Å². The van der Waals surface area contributed by atoms with Crippen molar-refractivity contribution in [3.05, 3.63) is 11.0 Å². The van der Waals surface area contributed by atoms with Crippen molar-refractivity contribution in [2.45, 2.75) is 6.18 Å². The van der Waals surface area contributed by atoms with Gasteiger partial charge >= 0.3 is 6.18 Å². The molecule has 1 N–H and O–H groups in total. The smallest absolute Gasteiger partial charge is 0.255 e. The van der Waals surface area contributed by atoms with Crippen LogP contribution in [0.1, 0.15) is 0 Å². The molecule has 0 unspecified atom stereocenters. The van der Waals surface area contributed by atoms with E-state index in [2.05, 4.69) is 10.1 Å². The zero-order valence-electron chi connectivity index (χ0n) is 4.25. The third-order valence-corrected chi connectivity index (χ3v) is 1.47. The molecule has 0 aromatic carbocycles. The van der Waals surface area contributed by atoms with Crippen molar-refractivity contribution in [3.63, 3.8) is 0 Å². The molecule has 1 nitrogen and oxygen atoms in total. The topological polar surface area (TPSA) is 12.0 Å². The van der Waals surface area contributed by atoms with Gasteiger partial charge in [0.15, 0.2) is 0 Å². The lowest BCUT2D eigenvalue weighted by molar-refractivity contribution is -0.0922. The van der Waals surface area contributed by atoms with Gasteiger partial charge in [0.05, 0.1) is 5.57 Å². The van der Waals surface area contributed by atoms with Gasteiger partial charge in [-0.15, -0.1) is 0 Å². The normalized spacial score (nSPS) is 20.1. The molecular formula is C4H3F3NS. The maximum atomic E-state index is 11.6. The summed E-state index contributed by atoms with van der Waals surface area (Å²) in [4.78, 5) is 0. The van der Waals surface area contributed by atoms with E-state index in [1.54, 1.807) is 0 Å². The van der Waals surface area contributed by atoms with Crippen LogP contribution in [0.5, 0.6) is 0 Å². The van der Waals surface area contributed by atoms with Gasteiger partial charge in [-0.05, 0) is 11.9 Å². The standard InChI is InChI=1S/C4H3F3NS/c5-4(6,7)3-1-8-9-2-3/h8H,1H2. The van der Waals surface area contributed by atoms with Gasteiger partial charge in [0.2, 0.25) is 0 Å². The van der Waals surface area contributed by atoms with Crippen molar-refractivity contribution in [2.75, 3.05) is 6.54 Å². The highest BCUT2D eigenvalue weighted by Gasteiger charge is 2.35. The van der Waals surface area contributed by atoms with Gasteiger partial charge in [-0.3, -0.25) is 4.72 Å². The second kappa shape index (κ2) is 2.22. The molecule has 0 aromatic rings. The first-order chi connectivity index (χ1) is 4.11. The second-order valence-electron chi connectivity index (χ2n) is 1.50. The molecule has 1 rings (SSSR count). The van der Waals surface area contributed by atoms with Gasteiger partial charge in [0.1, 0.15) is 0 Å². The zero-order chi connectivity index (χ0) is 6.91. The summed E-state index contributed by atoms with van der Waals surface area (Å²) >= 11 is 0.852. The molecule has 5 heteroatoms. The summed E-state index contributed by atoms with van der Waals surface area (Å²) in [7, 11) is 0. The Morgan fingerprint density at radius 1 is 1.56 bits per heavy atom. The molecule has 0 fully saturated rings. The molecule has 0 amide bonds. The first kappa shape index (κ1) is 6.95. The molecule has 1 aliphatic rings. The number of halogens is 3. The van der Waals surface area contributed by atoms with Crippen molar-refractivity contribution in [1.82, 2.24) is 4.72 Å². The van der Waals surface area contributed by atoms with Crippen molar-refractivity contribution < 1.29 is 13.2 Å². The SMILES string of the molecule is FC(F)(F)C1=[C]SNC1. The van der Waals surface area contributed by atoms with Gasteiger partial charge in [-0.25, -0.2) is 0 Å². The molecular weight excluding hydrogens is 151 g/mol. The van der Waals surface area contributed by atoms with Gasteiger partial charge in [0.25, 0.3) is 0 Å². The van der Waals surface area contributed by atoms with Crippen LogP contribution in [0.3, 0.4) is 0 Å². The molecule has 0 saturated carbocycles. The molecule has 1 radical (unpaired) electrons. The number of nitrogens with one attached hydrogen (secondary N) is 1. The second-order valence-corrected chi connectivity index (χ2v) is 2.20. The average molecular weight is 154 g/mol. The fourth-order valence-corrected chi connectivity index (χ4v) is 1.000. The van der Waals surface area contributed by atoms with Crippen LogP contribution in [0.15, 0.2) is 5.57 Å². The number of hydrogen-bond acceptors (Lipinski definition) is 2. The third-order valence-electron chi connectivity index (χ3n) is 0.838. The van der Waals surface area contributed by atoms with E-state index < -0.39 is 11.7 Å². The summed E-state index contributed by atoms with van der Waals surface area (Å²) in [6, 6.07) is 0. The van der Waals surface area contributed by atoms with Gasteiger partial charge in [-0.2, -0.15) is 13.2 Å². The molecule has 1 aliphatic heterocycles. The number of hydrogen-bond donors (Lipinski definition) is 1. The van der Waals surface area contributed by atoms with Crippen molar-refractivity contribution in [1.29, 1.82) is 0 Å². The Balaban J connectivity index is 2.61. The molecule has 0 saturated heterocycles. The molecule has 9 heavy (non-hydrogen) atoms. The van der Waals surface area contributed by atoms with E-state index in [0.717, 1.165) is 11.9 Å². The van der Waals surface area contributed by atoms with Crippen LogP contribution in [-0.4, -0.2) is 12.7 Å². The van der Waals surface area contributed by atoms with Crippen LogP contribution in [0.25, 0.3) is 0 Å². The van der Waals surface area contributed by atoms with Crippen LogP contribution in [0.2, 0.25) is 0 Å². The van der Waals surface area contributed by atoms with E-state index in [4.69, 9.17) is 0 Å². The zero-order valence-corrected chi connectivity index (χ0v) is 5.07. The Kier molecular flexibility index (Phi) is 1.72. The minimum atomic E-state index is -4.20. The van der Waals surface area contributed by atoms with Crippen LogP contribution in [0, 0.1) is 5.41 Å². The molecule has 0 spiro atoms. The first-order valence-corrected chi connectivity index (χ1v) is 3.00. The summed E-state index contributed by atoms with van der Waals surface area (Å²) in [6.07, 6.45) is -4.20. The summed E-state index contributed by atoms with van der Waals surface area (Å²) in [5, 5.41) is 2.09. The highest BCUT2D eigenvalue weighted by molar-refractivity contribution is 7.99. The third kappa shape index (κ3) is 1.62. The molecule has 0 bridgehead atoms. The number of rotatable bonds is 0. The maximum absolute atomic E-state index is 11.6. The van der Waals surface area contributed by atoms with Crippen LogP contribution in [-0.2, 0) is 0 Å². The van der Waals surface area contributed by atoms with E-state index in [1.807, 2.05) is 0 Å². The van der Waals surface area contributed by atoms with E-state index in [9.17, 15) is 13.2 Å². The summed E-state index contributed by atoms with van der Waals surface area (Å²) in [6.45, 7) is -0.131. The summed E-state index contributed by atoms with van der Waals surface area (Å²) in [5.41, 5.74) is -0.618. The minimum absolute atomic E-state index is 0.131. The molecule has 0 atom stereocenters. The van der Waals surface area contributed by atoms with Gasteiger partial charge in [-0.1, -0.05) is 0 Å². The fraction of sp³-hybridized carbons (Fsp3) is 0.500. The maximum Gasteiger partial charge on any atom is 0.415 e. The Morgan fingerprint density at radius 3 is 2.44 bits per heavy atom. The van der Waals surface area contributed by atoms with E-state index in [-0.39, 0.29) is 6.54 Å². The van der Waals surface area contributed by atoms with E-state index >= 15 is 0 Å². The van der Waals surface area contributed by atoms with Crippen LogP contribution in [0.4, 0.5) is 13.2 Å². The molecule has 1 heterocycles. The Bertz CT molecular complexity index is 139. The predicted octanol–water partition coefficient (Wildman–Crippen LogP) is 1.49. The number of alkyl halides is 3. The lowest BCUT2D eigenvalue weighted by Crippen LogP contribution is -2.16. The largest absolute Gasteiger partial charge is 0.415 e. The van der Waals surface area contributed by atoms with E-state index in [1.165, 1.54) is 0 Å². The van der Waals surface area contributed by atoms with Crippen LogP contribution < -0.4 is 4.72 Å². The summed E-state index contributed by atoms with van der Waals surface area (Å²) < 4.78 is 37.3. The fourth-order valence-electron chi connectivity index (χ4n) is 0.400. The monoisotopic (exact) mass is 154 g/mol. The molecule has 0 aliphatic carbocycles. The minimum Gasteiger partial charge on any atom is -0.255 e. The van der Waals surface area contributed by atoms with Gasteiger partial charge < -0.3 is 0 Å². The predicted molar refractivity (Wildman–Crippen MR) is 28.4 cm³/mol. The van der Waals surface area contributed by atoms with Crippen molar-refractivity contribution >= 4 is 11.9 Å². The Labute approximate surface area is 54.4 Å². The summed E-state index contributed by atoms with van der Waals surface area (Å²) in [5.74, 6) is 0. The first-order valence-electron chi connectivity index (χ1n) is 2.18.